The van der Waals surface area contributed by atoms with Gasteiger partial charge in [0.05, 0.1) is 25.0 Å². The summed E-state index contributed by atoms with van der Waals surface area (Å²) >= 11 is 0. The number of carbonyl (C=O) groups is 6. The van der Waals surface area contributed by atoms with Crippen LogP contribution in [0, 0.1) is 5.92 Å². The maximum atomic E-state index is 12.8. The third-order valence-electron chi connectivity index (χ3n) is 4.58. The molecule has 0 aromatic carbocycles. The van der Waals surface area contributed by atoms with Crippen LogP contribution in [0.4, 0.5) is 0 Å². The van der Waals surface area contributed by atoms with Crippen molar-refractivity contribution in [1.29, 1.82) is 0 Å². The standard InChI is InChI=1S/C18H30N4O10/c1-4-7(2)13(21-15(28)9(19)5-11(24)25)16(29)22-14(8(3)23)17(30)20-10(18(31)32)6-12(26)27/h7-10,13-14,23H,4-6,19H2,1-3H3,(H,20,30)(H,21,28)(H,22,29)(H,24,25)(H,26,27)(H,31,32). The minimum Gasteiger partial charge on any atom is -0.481 e. The third-order valence-corrected chi connectivity index (χ3v) is 4.58. The van der Waals surface area contributed by atoms with Crippen LogP contribution in [-0.2, 0) is 28.8 Å². The van der Waals surface area contributed by atoms with Gasteiger partial charge in [-0.25, -0.2) is 4.79 Å². The molecule has 0 aromatic rings. The van der Waals surface area contributed by atoms with Crippen LogP contribution in [0.1, 0.15) is 40.0 Å². The highest BCUT2D eigenvalue weighted by Gasteiger charge is 2.35. The molecule has 0 saturated carbocycles. The van der Waals surface area contributed by atoms with Gasteiger partial charge in [-0.2, -0.15) is 0 Å². The van der Waals surface area contributed by atoms with Crippen LogP contribution in [0.3, 0.4) is 0 Å². The van der Waals surface area contributed by atoms with E-state index in [9.17, 15) is 33.9 Å². The summed E-state index contributed by atoms with van der Waals surface area (Å²) in [6.45, 7) is 4.44. The molecule has 0 aliphatic rings. The second-order valence-electron chi connectivity index (χ2n) is 7.30. The summed E-state index contributed by atoms with van der Waals surface area (Å²) in [5.41, 5.74) is 5.50. The van der Waals surface area contributed by atoms with E-state index < -0.39 is 84.7 Å². The van der Waals surface area contributed by atoms with Gasteiger partial charge in [-0.1, -0.05) is 20.3 Å². The summed E-state index contributed by atoms with van der Waals surface area (Å²) in [6.07, 6.45) is -2.74. The Balaban J connectivity index is 5.51. The normalized spacial score (nSPS) is 16.4. The van der Waals surface area contributed by atoms with Crippen LogP contribution in [0.15, 0.2) is 0 Å². The quantitative estimate of drug-likeness (QED) is 0.131. The number of hydrogen-bond acceptors (Lipinski definition) is 8. The van der Waals surface area contributed by atoms with Crippen LogP contribution >= 0.6 is 0 Å². The van der Waals surface area contributed by atoms with Gasteiger partial charge in [0.15, 0.2) is 0 Å². The zero-order valence-corrected chi connectivity index (χ0v) is 17.9. The molecular weight excluding hydrogens is 432 g/mol. The largest absolute Gasteiger partial charge is 0.481 e. The molecule has 6 unspecified atom stereocenters. The molecule has 0 radical (unpaired) electrons. The lowest BCUT2D eigenvalue weighted by Crippen LogP contribution is -2.61. The molecule has 0 rings (SSSR count). The highest BCUT2D eigenvalue weighted by molar-refractivity contribution is 5.95. The number of nitrogens with one attached hydrogen (secondary N) is 3. The Bertz CT molecular complexity index is 727. The summed E-state index contributed by atoms with van der Waals surface area (Å²) in [5.74, 6) is -7.93. The van der Waals surface area contributed by atoms with Crippen molar-refractivity contribution >= 4 is 35.6 Å². The molecule has 0 saturated heterocycles. The molecule has 0 heterocycles. The monoisotopic (exact) mass is 462 g/mol. The van der Waals surface area contributed by atoms with Gasteiger partial charge in [-0.15, -0.1) is 0 Å². The van der Waals surface area contributed by atoms with Gasteiger partial charge in [0.25, 0.3) is 0 Å². The van der Waals surface area contributed by atoms with Crippen LogP contribution in [0.25, 0.3) is 0 Å². The van der Waals surface area contributed by atoms with E-state index in [0.29, 0.717) is 6.42 Å². The molecule has 9 N–H and O–H groups in total. The van der Waals surface area contributed by atoms with Gasteiger partial charge in [0, 0.05) is 0 Å². The summed E-state index contributed by atoms with van der Waals surface area (Å²) in [4.78, 5) is 70.0. The number of aliphatic hydroxyl groups excluding tert-OH is 1. The Kier molecular flexibility index (Phi) is 11.9. The van der Waals surface area contributed by atoms with Crippen molar-refractivity contribution in [3.8, 4) is 0 Å². The van der Waals surface area contributed by atoms with E-state index >= 15 is 0 Å². The van der Waals surface area contributed by atoms with Crippen LogP contribution in [-0.4, -0.2) is 86.3 Å². The molecule has 0 aliphatic heterocycles. The first kappa shape index (κ1) is 28.7. The van der Waals surface area contributed by atoms with Gasteiger partial charge in [0.1, 0.15) is 18.1 Å². The second-order valence-corrected chi connectivity index (χ2v) is 7.30. The first-order chi connectivity index (χ1) is 14.7. The number of rotatable bonds is 14. The molecule has 14 nitrogen and oxygen atoms in total. The van der Waals surface area contributed by atoms with E-state index in [4.69, 9.17) is 21.1 Å². The van der Waals surface area contributed by atoms with Crippen molar-refractivity contribution in [1.82, 2.24) is 16.0 Å². The highest BCUT2D eigenvalue weighted by Crippen LogP contribution is 2.10. The Morgan fingerprint density at radius 2 is 1.25 bits per heavy atom. The number of nitrogens with two attached hydrogens (primary N) is 1. The van der Waals surface area contributed by atoms with Crippen molar-refractivity contribution in [2.45, 2.75) is 70.3 Å². The maximum Gasteiger partial charge on any atom is 0.326 e. The lowest BCUT2D eigenvalue weighted by Gasteiger charge is -2.28. The molecule has 0 spiro atoms. The molecule has 6 atom stereocenters. The fourth-order valence-electron chi connectivity index (χ4n) is 2.53. The number of aliphatic carboxylic acids is 3. The Hall–Kier alpha value is -3.26. The van der Waals surface area contributed by atoms with Gasteiger partial charge < -0.3 is 42.1 Å². The summed E-state index contributed by atoms with van der Waals surface area (Å²) in [5, 5.41) is 42.9. The second kappa shape index (κ2) is 13.2. The van der Waals surface area contributed by atoms with E-state index in [-0.39, 0.29) is 0 Å². The first-order valence-corrected chi connectivity index (χ1v) is 9.72. The number of aliphatic hydroxyl groups is 1. The predicted molar refractivity (Wildman–Crippen MR) is 107 cm³/mol. The minimum atomic E-state index is -1.81. The first-order valence-electron chi connectivity index (χ1n) is 9.72. The van der Waals surface area contributed by atoms with E-state index in [1.54, 1.807) is 13.8 Å². The number of carboxylic acids is 3. The zero-order valence-electron chi connectivity index (χ0n) is 17.9. The van der Waals surface area contributed by atoms with Gasteiger partial charge in [-0.3, -0.25) is 24.0 Å². The van der Waals surface area contributed by atoms with E-state index in [0.717, 1.165) is 6.92 Å². The van der Waals surface area contributed by atoms with Gasteiger partial charge in [0.2, 0.25) is 17.7 Å². The molecule has 182 valence electrons. The fourth-order valence-corrected chi connectivity index (χ4v) is 2.53. The lowest BCUT2D eigenvalue weighted by atomic mass is 9.97. The smallest absolute Gasteiger partial charge is 0.326 e. The Labute approximate surface area is 183 Å². The number of amides is 3. The molecule has 0 fully saturated rings. The topological polar surface area (TPSA) is 245 Å². The van der Waals surface area contributed by atoms with Crippen LogP contribution in [0.5, 0.6) is 0 Å². The van der Waals surface area contributed by atoms with E-state index in [1.807, 2.05) is 5.32 Å². The van der Waals surface area contributed by atoms with Crippen molar-refractivity contribution in [3.63, 3.8) is 0 Å². The Morgan fingerprint density at radius 1 is 0.781 bits per heavy atom. The number of carboxylic acid groups (broad SMARTS) is 3. The van der Waals surface area contributed by atoms with E-state index in [2.05, 4.69) is 10.6 Å². The van der Waals surface area contributed by atoms with Crippen LogP contribution in [0.2, 0.25) is 0 Å². The minimum absolute atomic E-state index is 0.387. The average molecular weight is 462 g/mol. The number of hydrogen-bond donors (Lipinski definition) is 8. The molecule has 14 heteroatoms. The molecule has 32 heavy (non-hydrogen) atoms. The third kappa shape index (κ3) is 9.70. The average Bonchev–Trinajstić information content (AvgIpc) is 2.67. The Morgan fingerprint density at radius 3 is 1.66 bits per heavy atom. The van der Waals surface area contributed by atoms with Crippen molar-refractivity contribution in [3.05, 3.63) is 0 Å². The van der Waals surface area contributed by atoms with E-state index in [1.165, 1.54) is 0 Å². The molecular formula is C18H30N4O10. The van der Waals surface area contributed by atoms with Crippen molar-refractivity contribution < 1.29 is 49.2 Å². The molecule has 0 aliphatic carbocycles. The molecule has 0 bridgehead atoms. The molecule has 0 aromatic heterocycles. The lowest BCUT2D eigenvalue weighted by molar-refractivity contribution is -0.148. The highest BCUT2D eigenvalue weighted by atomic mass is 16.4. The SMILES string of the molecule is CCC(C)C(NC(=O)C(N)CC(=O)O)C(=O)NC(C(=O)NC(CC(=O)O)C(=O)O)C(C)O. The van der Waals surface area contributed by atoms with Gasteiger partial charge in [-0.05, 0) is 12.8 Å². The summed E-state index contributed by atoms with van der Waals surface area (Å²) in [6, 6.07) is -6.17. The van der Waals surface area contributed by atoms with Crippen molar-refractivity contribution in [2.24, 2.45) is 11.7 Å². The maximum absolute atomic E-state index is 12.8. The van der Waals surface area contributed by atoms with Gasteiger partial charge >= 0.3 is 17.9 Å². The fraction of sp³-hybridized carbons (Fsp3) is 0.667. The summed E-state index contributed by atoms with van der Waals surface area (Å²) in [7, 11) is 0. The zero-order chi connectivity index (χ0) is 25.2. The van der Waals surface area contributed by atoms with Crippen LogP contribution < -0.4 is 21.7 Å². The summed E-state index contributed by atoms with van der Waals surface area (Å²) < 4.78 is 0. The molecule has 3 amide bonds. The number of carbonyl (C=O) groups excluding carboxylic acids is 3. The predicted octanol–water partition coefficient (Wildman–Crippen LogP) is -2.77. The van der Waals surface area contributed by atoms with Crippen molar-refractivity contribution in [2.75, 3.05) is 0 Å².